The molecule has 1 saturated carbocycles. The van der Waals surface area contributed by atoms with Crippen molar-refractivity contribution in [1.82, 2.24) is 5.32 Å². The molecule has 1 spiro atoms. The average molecular weight is 293 g/mol. The summed E-state index contributed by atoms with van der Waals surface area (Å²) in [7, 11) is 0. The minimum atomic E-state index is 0.208. The van der Waals surface area contributed by atoms with Crippen LogP contribution >= 0.6 is 11.3 Å². The van der Waals surface area contributed by atoms with E-state index in [1.165, 1.54) is 48.3 Å². The van der Waals surface area contributed by atoms with E-state index in [1.54, 1.807) is 0 Å². The Labute approximate surface area is 126 Å². The first kappa shape index (κ1) is 14.6. The maximum Gasteiger partial charge on any atom is 0.0697 e. The number of hydrogen-bond acceptors (Lipinski definition) is 3. The van der Waals surface area contributed by atoms with E-state index in [-0.39, 0.29) is 5.60 Å². The van der Waals surface area contributed by atoms with E-state index in [1.807, 2.05) is 11.3 Å². The summed E-state index contributed by atoms with van der Waals surface area (Å²) in [6, 6.07) is 5.59. The molecule has 2 atom stereocenters. The van der Waals surface area contributed by atoms with Crippen LogP contribution in [0.1, 0.15) is 67.7 Å². The summed E-state index contributed by atoms with van der Waals surface area (Å²) in [5, 5.41) is 3.85. The second kappa shape index (κ2) is 6.17. The fourth-order valence-corrected chi connectivity index (χ4v) is 4.73. The molecule has 0 aromatic carbocycles. The first-order chi connectivity index (χ1) is 9.67. The van der Waals surface area contributed by atoms with Crippen molar-refractivity contribution in [3.8, 4) is 0 Å². The number of rotatable bonds is 3. The number of thiophene rings is 1. The Morgan fingerprint density at radius 2 is 2.10 bits per heavy atom. The summed E-state index contributed by atoms with van der Waals surface area (Å²) in [6.45, 7) is 5.43. The van der Waals surface area contributed by atoms with Gasteiger partial charge in [0.1, 0.15) is 0 Å². The maximum atomic E-state index is 6.19. The Bertz CT molecular complexity index is 430. The maximum absolute atomic E-state index is 6.19. The van der Waals surface area contributed by atoms with E-state index in [0.717, 1.165) is 13.0 Å². The van der Waals surface area contributed by atoms with Crippen LogP contribution in [0.25, 0.3) is 0 Å². The van der Waals surface area contributed by atoms with Crippen LogP contribution in [-0.4, -0.2) is 18.2 Å². The van der Waals surface area contributed by atoms with Gasteiger partial charge >= 0.3 is 0 Å². The van der Waals surface area contributed by atoms with Crippen LogP contribution in [0.5, 0.6) is 0 Å². The summed E-state index contributed by atoms with van der Waals surface area (Å²) < 4.78 is 6.19. The number of nitrogens with one attached hydrogen (secondary N) is 1. The summed E-state index contributed by atoms with van der Waals surface area (Å²) in [5.41, 5.74) is 0.208. The largest absolute Gasteiger partial charge is 0.375 e. The Morgan fingerprint density at radius 1 is 1.30 bits per heavy atom. The molecular weight excluding hydrogens is 266 g/mol. The standard InChI is InChI=1S/C17H27NOS/c1-13-6-7-16(20-13)14(2)18-15-8-11-19-17(12-15)9-4-3-5-10-17/h6-7,14-15,18H,3-5,8-12H2,1-2H3. The van der Waals surface area contributed by atoms with Crippen molar-refractivity contribution in [3.63, 3.8) is 0 Å². The molecule has 3 heteroatoms. The zero-order valence-corrected chi connectivity index (χ0v) is 13.6. The summed E-state index contributed by atoms with van der Waals surface area (Å²) in [6.07, 6.45) is 9.03. The Kier molecular flexibility index (Phi) is 4.49. The lowest BCUT2D eigenvalue weighted by Crippen LogP contribution is -2.48. The van der Waals surface area contributed by atoms with Crippen LogP contribution in [0.4, 0.5) is 0 Å². The van der Waals surface area contributed by atoms with Crippen LogP contribution in [0.3, 0.4) is 0 Å². The molecule has 0 bridgehead atoms. The third-order valence-electron chi connectivity index (χ3n) is 4.93. The van der Waals surface area contributed by atoms with Gasteiger partial charge in [-0.15, -0.1) is 11.3 Å². The average Bonchev–Trinajstić information content (AvgIpc) is 2.86. The van der Waals surface area contributed by atoms with Crippen molar-refractivity contribution < 1.29 is 4.74 Å². The van der Waals surface area contributed by atoms with Crippen molar-refractivity contribution in [2.24, 2.45) is 0 Å². The predicted molar refractivity (Wildman–Crippen MR) is 85.4 cm³/mol. The van der Waals surface area contributed by atoms with Crippen molar-refractivity contribution in [1.29, 1.82) is 0 Å². The molecule has 1 N–H and O–H groups in total. The molecule has 1 aromatic heterocycles. The molecule has 112 valence electrons. The second-order valence-corrected chi connectivity index (χ2v) is 7.94. The highest BCUT2D eigenvalue weighted by Crippen LogP contribution is 2.39. The van der Waals surface area contributed by atoms with Gasteiger partial charge in [-0.25, -0.2) is 0 Å². The topological polar surface area (TPSA) is 21.3 Å². The Hall–Kier alpha value is -0.380. The van der Waals surface area contributed by atoms with E-state index in [2.05, 4.69) is 31.3 Å². The lowest BCUT2D eigenvalue weighted by molar-refractivity contribution is -0.109. The van der Waals surface area contributed by atoms with Crippen LogP contribution in [0, 0.1) is 6.92 Å². The van der Waals surface area contributed by atoms with Crippen molar-refractivity contribution in [3.05, 3.63) is 21.9 Å². The highest BCUT2D eigenvalue weighted by molar-refractivity contribution is 7.12. The van der Waals surface area contributed by atoms with E-state index in [9.17, 15) is 0 Å². The minimum absolute atomic E-state index is 0.208. The van der Waals surface area contributed by atoms with Gasteiger partial charge in [-0.1, -0.05) is 19.3 Å². The molecular formula is C17H27NOS. The Balaban J connectivity index is 1.59. The van der Waals surface area contributed by atoms with Crippen molar-refractivity contribution in [2.75, 3.05) is 6.61 Å². The highest BCUT2D eigenvalue weighted by atomic mass is 32.1. The van der Waals surface area contributed by atoms with Gasteiger partial charge < -0.3 is 10.1 Å². The van der Waals surface area contributed by atoms with Gasteiger partial charge in [0.05, 0.1) is 5.60 Å². The van der Waals surface area contributed by atoms with Crippen molar-refractivity contribution >= 4 is 11.3 Å². The first-order valence-corrected chi connectivity index (χ1v) is 8.95. The molecule has 20 heavy (non-hydrogen) atoms. The zero-order valence-electron chi connectivity index (χ0n) is 12.8. The van der Waals surface area contributed by atoms with E-state index < -0.39 is 0 Å². The number of ether oxygens (including phenoxy) is 1. The van der Waals surface area contributed by atoms with Crippen LogP contribution in [0.15, 0.2) is 12.1 Å². The zero-order chi connectivity index (χ0) is 14.0. The molecule has 2 heterocycles. The quantitative estimate of drug-likeness (QED) is 0.880. The highest BCUT2D eigenvalue weighted by Gasteiger charge is 2.38. The van der Waals surface area contributed by atoms with Crippen LogP contribution in [-0.2, 0) is 4.74 Å². The van der Waals surface area contributed by atoms with Gasteiger partial charge in [-0.2, -0.15) is 0 Å². The second-order valence-electron chi connectivity index (χ2n) is 6.62. The molecule has 1 saturated heterocycles. The molecule has 2 unspecified atom stereocenters. The van der Waals surface area contributed by atoms with Gasteiger partial charge in [0.2, 0.25) is 0 Å². The SMILES string of the molecule is Cc1ccc(C(C)NC2CCOC3(CCCCC3)C2)s1. The van der Waals surface area contributed by atoms with Crippen molar-refractivity contribution in [2.45, 2.75) is 76.5 Å². The van der Waals surface area contributed by atoms with Crippen LogP contribution < -0.4 is 5.32 Å². The lowest BCUT2D eigenvalue weighted by Gasteiger charge is -2.44. The fraction of sp³-hybridized carbons (Fsp3) is 0.765. The Morgan fingerprint density at radius 3 is 2.80 bits per heavy atom. The molecule has 1 aromatic rings. The first-order valence-electron chi connectivity index (χ1n) is 8.13. The molecule has 0 radical (unpaired) electrons. The molecule has 1 aliphatic carbocycles. The number of aryl methyl sites for hydroxylation is 1. The van der Waals surface area contributed by atoms with E-state index in [4.69, 9.17) is 4.74 Å². The molecule has 1 aliphatic heterocycles. The third kappa shape index (κ3) is 3.26. The monoisotopic (exact) mass is 293 g/mol. The van der Waals surface area contributed by atoms with E-state index >= 15 is 0 Å². The third-order valence-corrected chi connectivity index (χ3v) is 6.11. The van der Waals surface area contributed by atoms with E-state index in [0.29, 0.717) is 12.1 Å². The summed E-state index contributed by atoms with van der Waals surface area (Å²) in [4.78, 5) is 2.87. The molecule has 3 rings (SSSR count). The summed E-state index contributed by atoms with van der Waals surface area (Å²) >= 11 is 1.92. The lowest BCUT2D eigenvalue weighted by atomic mass is 9.78. The predicted octanol–water partition coefficient (Wildman–Crippen LogP) is 4.59. The molecule has 2 nitrogen and oxygen atoms in total. The van der Waals surface area contributed by atoms with Gasteiger partial charge in [0, 0.05) is 28.4 Å². The van der Waals surface area contributed by atoms with Gasteiger partial charge in [0.15, 0.2) is 0 Å². The minimum Gasteiger partial charge on any atom is -0.375 e. The summed E-state index contributed by atoms with van der Waals surface area (Å²) in [5.74, 6) is 0. The fourth-order valence-electron chi connectivity index (χ4n) is 3.84. The van der Waals surface area contributed by atoms with Gasteiger partial charge in [0.25, 0.3) is 0 Å². The smallest absolute Gasteiger partial charge is 0.0697 e. The normalized spacial score (nSPS) is 27.6. The molecule has 2 fully saturated rings. The van der Waals surface area contributed by atoms with Crippen LogP contribution in [0.2, 0.25) is 0 Å². The molecule has 0 amide bonds. The van der Waals surface area contributed by atoms with Gasteiger partial charge in [-0.3, -0.25) is 0 Å². The number of hydrogen-bond donors (Lipinski definition) is 1. The van der Waals surface area contributed by atoms with Gasteiger partial charge in [-0.05, 0) is 51.7 Å². The molecule has 2 aliphatic rings.